The molecule has 0 bridgehead atoms. The van der Waals surface area contributed by atoms with Gasteiger partial charge in [0.15, 0.2) is 0 Å². The lowest BCUT2D eigenvalue weighted by atomic mass is 10.8. The van der Waals surface area contributed by atoms with E-state index in [0.717, 1.165) is 0 Å². The molecule has 0 aromatic rings. The highest BCUT2D eigenvalue weighted by molar-refractivity contribution is 8.25. The molecule has 12 heavy (non-hydrogen) atoms. The number of hydrogen-bond donors (Lipinski definition) is 0. The maximum atomic E-state index is 11.5. The van der Waals surface area contributed by atoms with Gasteiger partial charge in [0.05, 0.1) is 6.61 Å². The molecule has 0 unspecified atom stereocenters. The van der Waals surface area contributed by atoms with Crippen LogP contribution < -0.4 is 0 Å². The van der Waals surface area contributed by atoms with Crippen molar-refractivity contribution in [2.24, 2.45) is 0 Å². The van der Waals surface area contributed by atoms with Crippen LogP contribution in [0.3, 0.4) is 0 Å². The highest BCUT2D eigenvalue weighted by atomic mass is 32.2. The maximum absolute atomic E-state index is 11.5. The topological polar surface area (TPSA) is 43.4 Å². The Morgan fingerprint density at radius 3 is 2.25 bits per heavy atom. The quantitative estimate of drug-likeness (QED) is 0.609. The molecule has 0 aliphatic heterocycles. The van der Waals surface area contributed by atoms with Crippen LogP contribution in [-0.2, 0) is 9.53 Å². The standard InChI is InChI=1S/C5H5F3O3S/c1-2-11-4(10)12-3(9)5(6,7)8/h2H2,1H3. The Morgan fingerprint density at radius 2 is 1.92 bits per heavy atom. The Kier molecular flexibility index (Phi) is 4.08. The lowest BCUT2D eigenvalue weighted by molar-refractivity contribution is -0.160. The normalized spacial score (nSPS) is 11.0. The Hall–Kier alpha value is -0.720. The minimum Gasteiger partial charge on any atom is -0.458 e. The van der Waals surface area contributed by atoms with Crippen LogP contribution in [0.15, 0.2) is 0 Å². The van der Waals surface area contributed by atoms with Crippen molar-refractivity contribution in [1.82, 2.24) is 0 Å². The van der Waals surface area contributed by atoms with Crippen molar-refractivity contribution in [3.8, 4) is 0 Å². The zero-order valence-electron chi connectivity index (χ0n) is 5.97. The molecule has 0 fully saturated rings. The smallest absolute Gasteiger partial charge is 0.458 e. The zero-order valence-corrected chi connectivity index (χ0v) is 6.79. The number of thioether (sulfide) groups is 1. The first-order valence-electron chi connectivity index (χ1n) is 2.83. The Balaban J connectivity index is 3.94. The van der Waals surface area contributed by atoms with E-state index in [2.05, 4.69) is 4.74 Å². The van der Waals surface area contributed by atoms with Gasteiger partial charge in [-0.3, -0.25) is 4.79 Å². The molecule has 0 saturated heterocycles. The van der Waals surface area contributed by atoms with Gasteiger partial charge in [0, 0.05) is 11.8 Å². The second-order valence-electron chi connectivity index (χ2n) is 1.57. The van der Waals surface area contributed by atoms with Crippen LogP contribution in [0.4, 0.5) is 18.0 Å². The highest BCUT2D eigenvalue weighted by Crippen LogP contribution is 2.24. The number of alkyl halides is 3. The van der Waals surface area contributed by atoms with Crippen molar-refractivity contribution >= 4 is 22.2 Å². The average molecular weight is 202 g/mol. The van der Waals surface area contributed by atoms with Gasteiger partial charge in [-0.2, -0.15) is 13.2 Å². The first kappa shape index (κ1) is 11.3. The van der Waals surface area contributed by atoms with Gasteiger partial charge in [0.2, 0.25) is 0 Å². The molecule has 0 atom stereocenters. The Morgan fingerprint density at radius 1 is 1.42 bits per heavy atom. The van der Waals surface area contributed by atoms with Crippen LogP contribution in [0.25, 0.3) is 0 Å². The van der Waals surface area contributed by atoms with E-state index in [1.807, 2.05) is 0 Å². The maximum Gasteiger partial charge on any atom is 0.461 e. The number of carbonyl (C=O) groups excluding carboxylic acids is 2. The van der Waals surface area contributed by atoms with E-state index in [1.165, 1.54) is 6.92 Å². The summed E-state index contributed by atoms with van der Waals surface area (Å²) in [6, 6.07) is 0. The van der Waals surface area contributed by atoms with E-state index in [4.69, 9.17) is 0 Å². The lowest BCUT2D eigenvalue weighted by Gasteiger charge is -2.02. The van der Waals surface area contributed by atoms with Crippen LogP contribution in [0.1, 0.15) is 6.92 Å². The largest absolute Gasteiger partial charge is 0.461 e. The van der Waals surface area contributed by atoms with Gasteiger partial charge in [0.1, 0.15) is 0 Å². The SMILES string of the molecule is CCOC(=O)SC(=O)C(F)(F)F. The van der Waals surface area contributed by atoms with Gasteiger partial charge in [-0.25, -0.2) is 4.79 Å². The van der Waals surface area contributed by atoms with E-state index in [-0.39, 0.29) is 6.61 Å². The summed E-state index contributed by atoms with van der Waals surface area (Å²) in [5, 5.41) is -3.40. The molecule has 0 spiro atoms. The number of carbonyl (C=O) groups is 2. The number of hydrogen-bond acceptors (Lipinski definition) is 4. The van der Waals surface area contributed by atoms with E-state index < -0.39 is 28.4 Å². The number of halogens is 3. The second kappa shape index (κ2) is 4.34. The summed E-state index contributed by atoms with van der Waals surface area (Å²) in [5.41, 5.74) is 0. The third kappa shape index (κ3) is 4.22. The van der Waals surface area contributed by atoms with Crippen molar-refractivity contribution in [2.75, 3.05) is 6.61 Å². The molecule has 0 radical (unpaired) electrons. The zero-order chi connectivity index (χ0) is 9.78. The summed E-state index contributed by atoms with van der Waals surface area (Å²) in [5.74, 6) is 0. The second-order valence-corrected chi connectivity index (χ2v) is 2.48. The molecule has 0 rings (SSSR count). The fraction of sp³-hybridized carbons (Fsp3) is 0.600. The van der Waals surface area contributed by atoms with Gasteiger partial charge in [-0.05, 0) is 6.92 Å². The molecule has 0 N–H and O–H groups in total. The minimum atomic E-state index is -4.99. The van der Waals surface area contributed by atoms with E-state index in [9.17, 15) is 22.8 Å². The highest BCUT2D eigenvalue weighted by Gasteiger charge is 2.40. The molecule has 7 heteroatoms. The van der Waals surface area contributed by atoms with E-state index in [1.54, 1.807) is 0 Å². The first-order chi connectivity index (χ1) is 5.38. The minimum absolute atomic E-state index is 0.0586. The molecule has 0 aliphatic carbocycles. The first-order valence-corrected chi connectivity index (χ1v) is 3.65. The summed E-state index contributed by atoms with van der Waals surface area (Å²) in [6.07, 6.45) is -4.99. The van der Waals surface area contributed by atoms with Gasteiger partial charge in [-0.1, -0.05) is 0 Å². The summed E-state index contributed by atoms with van der Waals surface area (Å²) in [4.78, 5) is 20.4. The molecule has 3 nitrogen and oxygen atoms in total. The summed E-state index contributed by atoms with van der Waals surface area (Å²) in [6.45, 7) is 1.37. The average Bonchev–Trinajstić information content (AvgIpc) is 1.85. The summed E-state index contributed by atoms with van der Waals surface area (Å²) >= 11 is -0.494. The van der Waals surface area contributed by atoms with Crippen molar-refractivity contribution < 1.29 is 27.5 Å². The molecule has 0 amide bonds. The third-order valence-electron chi connectivity index (χ3n) is 0.670. The van der Waals surface area contributed by atoms with Crippen molar-refractivity contribution in [3.63, 3.8) is 0 Å². The van der Waals surface area contributed by atoms with Crippen LogP contribution in [0, 0.1) is 0 Å². The van der Waals surface area contributed by atoms with Gasteiger partial charge >= 0.3 is 16.6 Å². The predicted octanol–water partition coefficient (Wildman–Crippen LogP) is 1.97. The Bertz CT molecular complexity index is 189. The predicted molar refractivity (Wildman–Crippen MR) is 35.7 cm³/mol. The molecule has 0 aromatic heterocycles. The molecule has 70 valence electrons. The van der Waals surface area contributed by atoms with E-state index in [0.29, 0.717) is 0 Å². The fourth-order valence-corrected chi connectivity index (χ4v) is 0.725. The van der Waals surface area contributed by atoms with Gasteiger partial charge < -0.3 is 4.74 Å². The van der Waals surface area contributed by atoms with Gasteiger partial charge in [-0.15, -0.1) is 0 Å². The summed E-state index contributed by atoms with van der Waals surface area (Å²) < 4.78 is 38.5. The fourth-order valence-electron chi connectivity index (χ4n) is 0.281. The molecule has 0 aromatic carbocycles. The Labute approximate surface area is 70.3 Å². The van der Waals surface area contributed by atoms with Crippen LogP contribution in [0.2, 0.25) is 0 Å². The third-order valence-corrected chi connectivity index (χ3v) is 1.37. The number of ether oxygens (including phenoxy) is 1. The number of rotatable bonds is 1. The van der Waals surface area contributed by atoms with Crippen LogP contribution >= 0.6 is 11.8 Å². The van der Waals surface area contributed by atoms with E-state index >= 15 is 0 Å². The molecular formula is C5H5F3O3S. The van der Waals surface area contributed by atoms with Gasteiger partial charge in [0.25, 0.3) is 0 Å². The van der Waals surface area contributed by atoms with Crippen molar-refractivity contribution in [1.29, 1.82) is 0 Å². The van der Waals surface area contributed by atoms with Crippen molar-refractivity contribution in [3.05, 3.63) is 0 Å². The molecule has 0 aliphatic rings. The van der Waals surface area contributed by atoms with Crippen LogP contribution in [0.5, 0.6) is 0 Å². The lowest BCUT2D eigenvalue weighted by Crippen LogP contribution is -2.20. The summed E-state index contributed by atoms with van der Waals surface area (Å²) in [7, 11) is 0. The van der Waals surface area contributed by atoms with Crippen LogP contribution in [-0.4, -0.2) is 23.2 Å². The monoisotopic (exact) mass is 202 g/mol. The molecular weight excluding hydrogens is 197 g/mol. The van der Waals surface area contributed by atoms with Crippen molar-refractivity contribution in [2.45, 2.75) is 13.1 Å². The molecule has 0 heterocycles. The molecule has 0 saturated carbocycles.